The number of nitrogen functional groups attached to an aromatic ring is 1. The van der Waals surface area contributed by atoms with Gasteiger partial charge in [-0.15, -0.1) is 12.3 Å². The summed E-state index contributed by atoms with van der Waals surface area (Å²) in [5.74, 6) is 2.73. The monoisotopic (exact) mass is 232 g/mol. The SMILES string of the molecule is C#CCC(C)NC(=O)c1cccc(OC)c1N. The van der Waals surface area contributed by atoms with Crippen LogP contribution in [0, 0.1) is 12.3 Å². The zero-order valence-electron chi connectivity index (χ0n) is 9.99. The summed E-state index contributed by atoms with van der Waals surface area (Å²) in [4.78, 5) is 11.9. The molecule has 1 atom stereocenters. The molecule has 1 unspecified atom stereocenters. The second-order valence-electron chi connectivity index (χ2n) is 3.70. The molecule has 0 spiro atoms. The Morgan fingerprint density at radius 1 is 1.65 bits per heavy atom. The number of nitrogens with one attached hydrogen (secondary N) is 1. The molecule has 4 nitrogen and oxygen atoms in total. The minimum absolute atomic E-state index is 0.0851. The number of methoxy groups -OCH3 is 1. The minimum atomic E-state index is -0.246. The van der Waals surface area contributed by atoms with Crippen molar-refractivity contribution in [1.82, 2.24) is 5.32 Å². The summed E-state index contributed by atoms with van der Waals surface area (Å²) >= 11 is 0. The molecule has 17 heavy (non-hydrogen) atoms. The van der Waals surface area contributed by atoms with Gasteiger partial charge in [-0.2, -0.15) is 0 Å². The molecule has 0 bridgehead atoms. The molecule has 0 aliphatic rings. The van der Waals surface area contributed by atoms with E-state index in [1.165, 1.54) is 7.11 Å². The van der Waals surface area contributed by atoms with E-state index in [0.717, 1.165) is 0 Å². The van der Waals surface area contributed by atoms with Crippen molar-refractivity contribution in [3.05, 3.63) is 23.8 Å². The number of carbonyl (C=O) groups is 1. The van der Waals surface area contributed by atoms with Gasteiger partial charge in [0.1, 0.15) is 5.75 Å². The number of anilines is 1. The number of nitrogens with two attached hydrogens (primary N) is 1. The number of rotatable bonds is 4. The molecule has 90 valence electrons. The fourth-order valence-corrected chi connectivity index (χ4v) is 1.45. The van der Waals surface area contributed by atoms with Crippen LogP contribution in [0.4, 0.5) is 5.69 Å². The van der Waals surface area contributed by atoms with Gasteiger partial charge in [-0.3, -0.25) is 4.79 Å². The molecular weight excluding hydrogens is 216 g/mol. The van der Waals surface area contributed by atoms with E-state index < -0.39 is 0 Å². The third kappa shape index (κ3) is 3.15. The van der Waals surface area contributed by atoms with Gasteiger partial charge in [-0.25, -0.2) is 0 Å². The van der Waals surface area contributed by atoms with Gasteiger partial charge in [0, 0.05) is 12.5 Å². The summed E-state index contributed by atoms with van der Waals surface area (Å²) in [6.45, 7) is 1.84. The molecule has 0 fully saturated rings. The van der Waals surface area contributed by atoms with Crippen LogP contribution in [-0.4, -0.2) is 19.1 Å². The van der Waals surface area contributed by atoms with Crippen LogP contribution in [0.25, 0.3) is 0 Å². The van der Waals surface area contributed by atoms with Gasteiger partial charge in [0.25, 0.3) is 5.91 Å². The molecule has 0 aliphatic carbocycles. The van der Waals surface area contributed by atoms with Gasteiger partial charge >= 0.3 is 0 Å². The maximum Gasteiger partial charge on any atom is 0.253 e. The fourth-order valence-electron chi connectivity index (χ4n) is 1.45. The van der Waals surface area contributed by atoms with Crippen molar-refractivity contribution in [2.75, 3.05) is 12.8 Å². The number of ether oxygens (including phenoxy) is 1. The molecule has 4 heteroatoms. The van der Waals surface area contributed by atoms with E-state index in [1.54, 1.807) is 18.2 Å². The average Bonchev–Trinajstić information content (AvgIpc) is 2.29. The van der Waals surface area contributed by atoms with E-state index in [4.69, 9.17) is 16.9 Å². The van der Waals surface area contributed by atoms with E-state index in [2.05, 4.69) is 11.2 Å². The highest BCUT2D eigenvalue weighted by Gasteiger charge is 2.14. The van der Waals surface area contributed by atoms with Crippen molar-refractivity contribution in [1.29, 1.82) is 0 Å². The fraction of sp³-hybridized carbons (Fsp3) is 0.308. The zero-order valence-corrected chi connectivity index (χ0v) is 9.99. The first-order chi connectivity index (χ1) is 8.10. The van der Waals surface area contributed by atoms with E-state index in [-0.39, 0.29) is 11.9 Å². The maximum atomic E-state index is 11.9. The van der Waals surface area contributed by atoms with Gasteiger partial charge in [0.15, 0.2) is 0 Å². The molecule has 0 aliphatic heterocycles. The first-order valence-corrected chi connectivity index (χ1v) is 5.27. The molecule has 0 saturated carbocycles. The molecule has 1 aromatic carbocycles. The lowest BCUT2D eigenvalue weighted by Gasteiger charge is -2.13. The Morgan fingerprint density at radius 2 is 2.35 bits per heavy atom. The van der Waals surface area contributed by atoms with E-state index in [1.807, 2.05) is 6.92 Å². The summed E-state index contributed by atoms with van der Waals surface area (Å²) in [7, 11) is 1.51. The number of para-hydroxylation sites is 1. The number of terminal acetylenes is 1. The normalized spacial score (nSPS) is 11.4. The number of carbonyl (C=O) groups excluding carboxylic acids is 1. The molecule has 1 rings (SSSR count). The number of benzene rings is 1. The van der Waals surface area contributed by atoms with E-state index in [0.29, 0.717) is 23.4 Å². The van der Waals surface area contributed by atoms with Crippen molar-refractivity contribution in [3.8, 4) is 18.1 Å². The lowest BCUT2D eigenvalue weighted by molar-refractivity contribution is 0.0941. The van der Waals surface area contributed by atoms with Crippen LogP contribution in [0.5, 0.6) is 5.75 Å². The topological polar surface area (TPSA) is 64.3 Å². The summed E-state index contributed by atoms with van der Waals surface area (Å²) < 4.78 is 5.05. The number of hydrogen-bond donors (Lipinski definition) is 2. The highest BCUT2D eigenvalue weighted by molar-refractivity contribution is 6.00. The molecule has 0 heterocycles. The molecule has 0 saturated heterocycles. The smallest absolute Gasteiger partial charge is 0.253 e. The standard InChI is InChI=1S/C13H16N2O2/c1-4-6-9(2)15-13(16)10-7-5-8-11(17-3)12(10)14/h1,5,7-9H,6,14H2,2-3H3,(H,15,16). The van der Waals surface area contributed by atoms with E-state index >= 15 is 0 Å². The van der Waals surface area contributed by atoms with E-state index in [9.17, 15) is 4.79 Å². The van der Waals surface area contributed by atoms with Gasteiger partial charge in [-0.1, -0.05) is 6.07 Å². The van der Waals surface area contributed by atoms with Crippen LogP contribution in [-0.2, 0) is 0 Å². The average molecular weight is 232 g/mol. The molecule has 1 aromatic rings. The molecular formula is C13H16N2O2. The van der Waals surface area contributed by atoms with Crippen LogP contribution in [0.3, 0.4) is 0 Å². The molecule has 0 aromatic heterocycles. The molecule has 0 radical (unpaired) electrons. The predicted molar refractivity (Wildman–Crippen MR) is 67.8 cm³/mol. The van der Waals surface area contributed by atoms with Crippen LogP contribution >= 0.6 is 0 Å². The summed E-state index contributed by atoms with van der Waals surface area (Å²) in [6.07, 6.45) is 5.66. The van der Waals surface area contributed by atoms with Crippen molar-refractivity contribution >= 4 is 11.6 Å². The second-order valence-corrected chi connectivity index (χ2v) is 3.70. The van der Waals surface area contributed by atoms with Crippen LogP contribution in [0.15, 0.2) is 18.2 Å². The summed E-state index contributed by atoms with van der Waals surface area (Å²) in [6, 6.07) is 4.99. The Morgan fingerprint density at radius 3 is 2.94 bits per heavy atom. The highest BCUT2D eigenvalue weighted by Crippen LogP contribution is 2.24. The molecule has 3 N–H and O–H groups in total. The third-order valence-corrected chi connectivity index (χ3v) is 2.33. The summed E-state index contributed by atoms with van der Waals surface area (Å²) in [5, 5.41) is 2.77. The predicted octanol–water partition coefficient (Wildman–Crippen LogP) is 1.42. The number of amides is 1. The Labute approximate surface area is 101 Å². The van der Waals surface area contributed by atoms with Gasteiger partial charge < -0.3 is 15.8 Å². The lowest BCUT2D eigenvalue weighted by Crippen LogP contribution is -2.32. The maximum absolute atomic E-state index is 11.9. The Bertz CT molecular complexity index is 449. The van der Waals surface area contributed by atoms with Crippen molar-refractivity contribution < 1.29 is 9.53 Å². The third-order valence-electron chi connectivity index (χ3n) is 2.33. The molecule has 1 amide bonds. The zero-order chi connectivity index (χ0) is 12.8. The second kappa shape index (κ2) is 5.80. The Hall–Kier alpha value is -2.15. The Kier molecular flexibility index (Phi) is 4.41. The highest BCUT2D eigenvalue weighted by atomic mass is 16.5. The quantitative estimate of drug-likeness (QED) is 0.609. The van der Waals surface area contributed by atoms with Crippen molar-refractivity contribution in [2.45, 2.75) is 19.4 Å². The van der Waals surface area contributed by atoms with Crippen LogP contribution in [0.2, 0.25) is 0 Å². The van der Waals surface area contributed by atoms with Gasteiger partial charge in [-0.05, 0) is 19.1 Å². The van der Waals surface area contributed by atoms with Gasteiger partial charge in [0.2, 0.25) is 0 Å². The Balaban J connectivity index is 2.86. The largest absolute Gasteiger partial charge is 0.495 e. The van der Waals surface area contributed by atoms with Crippen molar-refractivity contribution in [2.24, 2.45) is 0 Å². The van der Waals surface area contributed by atoms with Crippen LogP contribution < -0.4 is 15.8 Å². The minimum Gasteiger partial charge on any atom is -0.495 e. The summed E-state index contributed by atoms with van der Waals surface area (Å²) in [5.41, 5.74) is 6.55. The number of hydrogen-bond acceptors (Lipinski definition) is 3. The first-order valence-electron chi connectivity index (χ1n) is 5.27. The van der Waals surface area contributed by atoms with Crippen molar-refractivity contribution in [3.63, 3.8) is 0 Å². The van der Waals surface area contributed by atoms with Crippen LogP contribution in [0.1, 0.15) is 23.7 Å². The van der Waals surface area contributed by atoms with Gasteiger partial charge in [0.05, 0.1) is 18.4 Å². The first kappa shape index (κ1) is 12.9. The lowest BCUT2D eigenvalue weighted by atomic mass is 10.1.